The molecule has 0 aliphatic carbocycles. The number of nitrogens with zero attached hydrogens (tertiary/aromatic N) is 4. The van der Waals surface area contributed by atoms with Gasteiger partial charge in [0.1, 0.15) is 18.0 Å². The first-order valence-electron chi connectivity index (χ1n) is 7.09. The average Bonchev–Trinajstić information content (AvgIpc) is 3.14. The van der Waals surface area contributed by atoms with E-state index >= 15 is 0 Å². The van der Waals surface area contributed by atoms with Gasteiger partial charge in [0.2, 0.25) is 5.28 Å². The highest BCUT2D eigenvalue weighted by atomic mass is 35.5. The number of halogens is 2. The van der Waals surface area contributed by atoms with Gasteiger partial charge in [-0.1, -0.05) is 0 Å². The van der Waals surface area contributed by atoms with E-state index in [4.69, 9.17) is 11.6 Å². The average molecular weight is 360 g/mol. The lowest BCUT2D eigenvalue weighted by Crippen LogP contribution is -1.96. The molecule has 1 aromatic carbocycles. The van der Waals surface area contributed by atoms with Crippen molar-refractivity contribution >= 4 is 44.8 Å². The van der Waals surface area contributed by atoms with Crippen molar-refractivity contribution in [1.82, 2.24) is 19.5 Å². The number of aryl methyl sites for hydroxylation is 1. The van der Waals surface area contributed by atoms with Gasteiger partial charge in [-0.2, -0.15) is 4.98 Å². The number of anilines is 2. The van der Waals surface area contributed by atoms with E-state index in [1.54, 1.807) is 40.6 Å². The van der Waals surface area contributed by atoms with Crippen LogP contribution in [0.25, 0.3) is 15.9 Å². The van der Waals surface area contributed by atoms with E-state index in [0.29, 0.717) is 11.6 Å². The molecule has 0 bridgehead atoms. The van der Waals surface area contributed by atoms with E-state index in [0.717, 1.165) is 20.8 Å². The Morgan fingerprint density at radius 2 is 2.00 bits per heavy atom. The van der Waals surface area contributed by atoms with Crippen molar-refractivity contribution in [1.29, 1.82) is 0 Å². The quantitative estimate of drug-likeness (QED) is 0.538. The number of rotatable bonds is 3. The van der Waals surface area contributed by atoms with Crippen LogP contribution in [-0.4, -0.2) is 19.5 Å². The molecule has 3 aromatic heterocycles. The highest BCUT2D eigenvalue weighted by molar-refractivity contribution is 7.19. The van der Waals surface area contributed by atoms with Crippen molar-refractivity contribution in [3.8, 4) is 5.69 Å². The molecule has 0 aliphatic rings. The molecule has 0 fully saturated rings. The minimum absolute atomic E-state index is 0.181. The summed E-state index contributed by atoms with van der Waals surface area (Å²) in [7, 11) is 0. The van der Waals surface area contributed by atoms with E-state index in [9.17, 15) is 4.39 Å². The standard InChI is InChI=1S/C16H11ClFN5S/c1-9-6-12-14(24-9)15(22-16(17)20-12)21-13-7-23(8-19-13)11-4-2-10(18)3-5-11/h2-8H,1H3,(H,20,21,22). The van der Waals surface area contributed by atoms with Gasteiger partial charge < -0.3 is 9.88 Å². The predicted octanol–water partition coefficient (Wildman–Crippen LogP) is 4.72. The number of aromatic nitrogens is 4. The third-order valence-electron chi connectivity index (χ3n) is 3.42. The fraction of sp³-hybridized carbons (Fsp3) is 0.0625. The molecule has 8 heteroatoms. The number of nitrogens with one attached hydrogen (secondary N) is 1. The molecule has 0 saturated carbocycles. The summed E-state index contributed by atoms with van der Waals surface area (Å²) in [4.78, 5) is 13.9. The smallest absolute Gasteiger partial charge is 0.224 e. The van der Waals surface area contributed by atoms with Crippen LogP contribution < -0.4 is 5.32 Å². The summed E-state index contributed by atoms with van der Waals surface area (Å²) in [6.45, 7) is 2.01. The summed E-state index contributed by atoms with van der Waals surface area (Å²) in [6, 6.07) is 8.15. The Hall–Kier alpha value is -2.51. The van der Waals surface area contributed by atoms with E-state index in [1.807, 2.05) is 13.0 Å². The maximum atomic E-state index is 13.0. The molecule has 3 heterocycles. The third kappa shape index (κ3) is 2.83. The van der Waals surface area contributed by atoms with Crippen LogP contribution in [0.4, 0.5) is 16.0 Å². The van der Waals surface area contributed by atoms with Crippen molar-refractivity contribution in [2.24, 2.45) is 0 Å². The summed E-state index contributed by atoms with van der Waals surface area (Å²) in [5.41, 5.74) is 1.62. The normalized spacial score (nSPS) is 11.1. The maximum Gasteiger partial charge on any atom is 0.224 e. The van der Waals surface area contributed by atoms with Crippen LogP contribution in [-0.2, 0) is 0 Å². The van der Waals surface area contributed by atoms with Crippen molar-refractivity contribution in [3.63, 3.8) is 0 Å². The lowest BCUT2D eigenvalue weighted by Gasteiger charge is -2.04. The highest BCUT2D eigenvalue weighted by Crippen LogP contribution is 2.31. The van der Waals surface area contributed by atoms with Crippen molar-refractivity contribution < 1.29 is 4.39 Å². The number of hydrogen-bond donors (Lipinski definition) is 1. The molecule has 0 atom stereocenters. The monoisotopic (exact) mass is 359 g/mol. The Balaban J connectivity index is 1.68. The summed E-state index contributed by atoms with van der Waals surface area (Å²) >= 11 is 7.59. The van der Waals surface area contributed by atoms with E-state index in [2.05, 4.69) is 20.3 Å². The molecule has 5 nitrogen and oxygen atoms in total. The van der Waals surface area contributed by atoms with Crippen LogP contribution in [0.2, 0.25) is 5.28 Å². The highest BCUT2D eigenvalue weighted by Gasteiger charge is 2.11. The Bertz CT molecular complexity index is 1020. The molecule has 120 valence electrons. The van der Waals surface area contributed by atoms with Gasteiger partial charge in [-0.25, -0.2) is 14.4 Å². The number of benzene rings is 1. The first kappa shape index (κ1) is 15.0. The molecule has 0 saturated heterocycles. The molecule has 4 aromatic rings. The topological polar surface area (TPSA) is 55.6 Å². The molecule has 0 unspecified atom stereocenters. The van der Waals surface area contributed by atoms with Crippen molar-refractivity contribution in [2.75, 3.05) is 5.32 Å². The SMILES string of the molecule is Cc1cc2nc(Cl)nc(Nc3cn(-c4ccc(F)cc4)cn3)c2s1. The van der Waals surface area contributed by atoms with Crippen LogP contribution in [0.5, 0.6) is 0 Å². The van der Waals surface area contributed by atoms with Gasteiger partial charge in [0.05, 0.1) is 16.4 Å². The van der Waals surface area contributed by atoms with Gasteiger partial charge in [0, 0.05) is 10.6 Å². The molecular weight excluding hydrogens is 349 g/mol. The second-order valence-corrected chi connectivity index (χ2v) is 6.77. The fourth-order valence-electron chi connectivity index (χ4n) is 2.37. The number of imidazole rings is 1. The zero-order chi connectivity index (χ0) is 16.7. The van der Waals surface area contributed by atoms with Gasteiger partial charge in [-0.05, 0) is 48.9 Å². The summed E-state index contributed by atoms with van der Waals surface area (Å²) < 4.78 is 15.7. The van der Waals surface area contributed by atoms with Gasteiger partial charge in [-0.3, -0.25) is 0 Å². The molecule has 0 aliphatic heterocycles. The zero-order valence-electron chi connectivity index (χ0n) is 12.5. The predicted molar refractivity (Wildman–Crippen MR) is 94.0 cm³/mol. The Morgan fingerprint density at radius 3 is 2.79 bits per heavy atom. The molecule has 4 rings (SSSR count). The summed E-state index contributed by atoms with van der Waals surface area (Å²) in [5, 5.41) is 3.35. The van der Waals surface area contributed by atoms with Crippen molar-refractivity contribution in [2.45, 2.75) is 6.92 Å². The first-order valence-corrected chi connectivity index (χ1v) is 8.28. The lowest BCUT2D eigenvalue weighted by molar-refractivity contribution is 0.627. The molecular formula is C16H11ClFN5S. The lowest BCUT2D eigenvalue weighted by atomic mass is 10.3. The summed E-state index contributed by atoms with van der Waals surface area (Å²) in [5.74, 6) is 0.956. The van der Waals surface area contributed by atoms with Crippen LogP contribution in [0, 0.1) is 12.7 Å². The Labute approximate surface area is 145 Å². The molecule has 0 amide bonds. The minimum Gasteiger partial charge on any atom is -0.322 e. The molecule has 24 heavy (non-hydrogen) atoms. The van der Waals surface area contributed by atoms with Gasteiger partial charge in [0.15, 0.2) is 5.82 Å². The number of fused-ring (bicyclic) bond motifs is 1. The van der Waals surface area contributed by atoms with Crippen LogP contribution in [0.1, 0.15) is 4.88 Å². The van der Waals surface area contributed by atoms with Gasteiger partial charge in [0.25, 0.3) is 0 Å². The first-order chi connectivity index (χ1) is 11.6. The maximum absolute atomic E-state index is 13.0. The Kier molecular flexibility index (Phi) is 3.66. The van der Waals surface area contributed by atoms with Gasteiger partial charge in [-0.15, -0.1) is 11.3 Å². The van der Waals surface area contributed by atoms with E-state index < -0.39 is 0 Å². The largest absolute Gasteiger partial charge is 0.322 e. The zero-order valence-corrected chi connectivity index (χ0v) is 14.1. The van der Waals surface area contributed by atoms with Crippen LogP contribution >= 0.6 is 22.9 Å². The van der Waals surface area contributed by atoms with Gasteiger partial charge >= 0.3 is 0 Å². The third-order valence-corrected chi connectivity index (χ3v) is 4.64. The van der Waals surface area contributed by atoms with Crippen LogP contribution in [0.15, 0.2) is 42.9 Å². The van der Waals surface area contributed by atoms with E-state index in [-0.39, 0.29) is 11.1 Å². The minimum atomic E-state index is -0.275. The molecule has 1 N–H and O–H groups in total. The number of thiophene rings is 1. The number of hydrogen-bond acceptors (Lipinski definition) is 5. The summed E-state index contributed by atoms with van der Waals surface area (Å²) in [6.07, 6.45) is 3.45. The fourth-order valence-corrected chi connectivity index (χ4v) is 3.44. The molecule has 0 radical (unpaired) electrons. The molecule has 0 spiro atoms. The second kappa shape index (κ2) is 5.85. The van der Waals surface area contributed by atoms with Crippen molar-refractivity contribution in [3.05, 3.63) is 58.8 Å². The van der Waals surface area contributed by atoms with Crippen LogP contribution in [0.3, 0.4) is 0 Å². The second-order valence-electron chi connectivity index (χ2n) is 5.18. The van der Waals surface area contributed by atoms with E-state index in [1.165, 1.54) is 12.1 Å². The Morgan fingerprint density at radius 1 is 1.21 bits per heavy atom.